The zero-order chi connectivity index (χ0) is 17.0. The molecule has 6 nitrogen and oxygen atoms in total. The molecule has 0 bridgehead atoms. The molecule has 0 aromatic rings. The van der Waals surface area contributed by atoms with E-state index in [2.05, 4.69) is 0 Å². The lowest BCUT2D eigenvalue weighted by atomic mass is 9.81. The zero-order valence-electron chi connectivity index (χ0n) is 14.2. The summed E-state index contributed by atoms with van der Waals surface area (Å²) >= 11 is 0. The lowest BCUT2D eigenvalue weighted by Gasteiger charge is -2.28. The minimum absolute atomic E-state index is 0.000841. The number of esters is 1. The lowest BCUT2D eigenvalue weighted by molar-refractivity contribution is -0.156. The average molecular weight is 313 g/mol. The Labute approximate surface area is 132 Å². The highest BCUT2D eigenvalue weighted by molar-refractivity contribution is 5.88. The van der Waals surface area contributed by atoms with Gasteiger partial charge in [-0.1, -0.05) is 6.92 Å². The van der Waals surface area contributed by atoms with Crippen LogP contribution >= 0.6 is 0 Å². The molecule has 0 aromatic carbocycles. The molecule has 1 amide bonds. The highest BCUT2D eigenvalue weighted by Gasteiger charge is 2.49. The van der Waals surface area contributed by atoms with E-state index in [1.807, 2.05) is 0 Å². The van der Waals surface area contributed by atoms with Gasteiger partial charge < -0.3 is 14.4 Å². The van der Waals surface area contributed by atoms with Crippen molar-refractivity contribution in [2.24, 2.45) is 5.41 Å². The van der Waals surface area contributed by atoms with Gasteiger partial charge in [0, 0.05) is 25.9 Å². The molecular formula is C16H27NO5. The summed E-state index contributed by atoms with van der Waals surface area (Å²) in [5, 5.41) is 0. The monoisotopic (exact) mass is 313 g/mol. The summed E-state index contributed by atoms with van der Waals surface area (Å²) in [7, 11) is 0. The summed E-state index contributed by atoms with van der Waals surface area (Å²) < 4.78 is 10.5. The van der Waals surface area contributed by atoms with Crippen LogP contribution in [0.2, 0.25) is 0 Å². The number of ketones is 1. The van der Waals surface area contributed by atoms with Crippen molar-refractivity contribution in [3.8, 4) is 0 Å². The molecule has 1 unspecified atom stereocenters. The van der Waals surface area contributed by atoms with Crippen LogP contribution in [0.4, 0.5) is 4.79 Å². The molecule has 1 heterocycles. The van der Waals surface area contributed by atoms with Crippen LogP contribution in [-0.4, -0.2) is 48.0 Å². The van der Waals surface area contributed by atoms with Crippen molar-refractivity contribution < 1.29 is 23.9 Å². The Morgan fingerprint density at radius 3 is 2.32 bits per heavy atom. The zero-order valence-corrected chi connectivity index (χ0v) is 14.2. The Balaban J connectivity index is 2.86. The van der Waals surface area contributed by atoms with E-state index in [1.165, 1.54) is 4.90 Å². The van der Waals surface area contributed by atoms with Crippen LogP contribution in [0.5, 0.6) is 0 Å². The van der Waals surface area contributed by atoms with E-state index < -0.39 is 23.1 Å². The third kappa shape index (κ3) is 4.71. The van der Waals surface area contributed by atoms with Crippen molar-refractivity contribution in [3.05, 3.63) is 0 Å². The van der Waals surface area contributed by atoms with Gasteiger partial charge in [-0.25, -0.2) is 4.79 Å². The molecule has 0 radical (unpaired) electrons. The van der Waals surface area contributed by atoms with Crippen molar-refractivity contribution in [3.63, 3.8) is 0 Å². The predicted octanol–water partition coefficient (Wildman–Crippen LogP) is 2.55. The second kappa shape index (κ2) is 7.11. The van der Waals surface area contributed by atoms with Gasteiger partial charge in [0.05, 0.1) is 12.0 Å². The predicted molar refractivity (Wildman–Crippen MR) is 81.4 cm³/mol. The number of hydrogen-bond acceptors (Lipinski definition) is 5. The Kier molecular flexibility index (Phi) is 5.97. The summed E-state index contributed by atoms with van der Waals surface area (Å²) in [5.41, 5.74) is -1.52. The Morgan fingerprint density at radius 2 is 1.82 bits per heavy atom. The summed E-state index contributed by atoms with van der Waals surface area (Å²) in [5.74, 6) is -0.401. The van der Waals surface area contributed by atoms with Crippen LogP contribution < -0.4 is 0 Å². The first-order valence-electron chi connectivity index (χ1n) is 7.80. The molecule has 1 rings (SSSR count). The quantitative estimate of drug-likeness (QED) is 0.729. The van der Waals surface area contributed by atoms with E-state index in [4.69, 9.17) is 9.47 Å². The van der Waals surface area contributed by atoms with E-state index in [0.717, 1.165) is 0 Å². The van der Waals surface area contributed by atoms with E-state index in [9.17, 15) is 14.4 Å². The van der Waals surface area contributed by atoms with Crippen LogP contribution in [0.15, 0.2) is 0 Å². The number of nitrogens with zero attached hydrogens (tertiary/aromatic N) is 1. The van der Waals surface area contributed by atoms with Gasteiger partial charge in [0.25, 0.3) is 0 Å². The maximum Gasteiger partial charge on any atom is 0.410 e. The Hall–Kier alpha value is -1.59. The minimum atomic E-state index is -0.931. The van der Waals surface area contributed by atoms with Gasteiger partial charge in [-0.15, -0.1) is 0 Å². The first-order valence-corrected chi connectivity index (χ1v) is 7.80. The van der Waals surface area contributed by atoms with Gasteiger partial charge in [0.15, 0.2) is 0 Å². The molecule has 0 aliphatic carbocycles. The summed E-state index contributed by atoms with van der Waals surface area (Å²) in [4.78, 5) is 37.8. The second-order valence-electron chi connectivity index (χ2n) is 6.72. The maximum absolute atomic E-state index is 12.3. The number of amides is 1. The molecule has 0 spiro atoms. The molecule has 1 aliphatic rings. The molecule has 22 heavy (non-hydrogen) atoms. The van der Waals surface area contributed by atoms with Crippen molar-refractivity contribution in [1.29, 1.82) is 0 Å². The van der Waals surface area contributed by atoms with Gasteiger partial charge in [-0.2, -0.15) is 0 Å². The molecule has 1 fully saturated rings. The normalized spacial score (nSPS) is 21.6. The van der Waals surface area contributed by atoms with Gasteiger partial charge in [0.2, 0.25) is 0 Å². The molecule has 0 N–H and O–H groups in total. The number of ether oxygens (including phenoxy) is 2. The first-order chi connectivity index (χ1) is 10.1. The van der Waals surface area contributed by atoms with Gasteiger partial charge in [-0.3, -0.25) is 9.59 Å². The topological polar surface area (TPSA) is 72.9 Å². The summed E-state index contributed by atoms with van der Waals surface area (Å²) in [6.07, 6.45) is 0.453. The third-order valence-electron chi connectivity index (χ3n) is 3.64. The van der Waals surface area contributed by atoms with Crippen LogP contribution in [0.25, 0.3) is 0 Å². The van der Waals surface area contributed by atoms with Crippen LogP contribution in [0.1, 0.15) is 53.9 Å². The van der Waals surface area contributed by atoms with Gasteiger partial charge in [0.1, 0.15) is 11.4 Å². The molecule has 6 heteroatoms. The Bertz CT molecular complexity index is 440. The van der Waals surface area contributed by atoms with E-state index in [0.29, 0.717) is 19.4 Å². The largest absolute Gasteiger partial charge is 0.466 e. The van der Waals surface area contributed by atoms with E-state index in [-0.39, 0.29) is 25.4 Å². The molecule has 1 atom stereocenters. The second-order valence-corrected chi connectivity index (χ2v) is 6.72. The Morgan fingerprint density at radius 1 is 1.18 bits per heavy atom. The molecule has 126 valence electrons. The minimum Gasteiger partial charge on any atom is -0.466 e. The molecule has 0 saturated carbocycles. The number of carbonyl (C=O) groups is 3. The molecular weight excluding hydrogens is 286 g/mol. The van der Waals surface area contributed by atoms with Gasteiger partial charge in [-0.05, 0) is 34.1 Å². The molecule has 1 aliphatic heterocycles. The van der Waals surface area contributed by atoms with Crippen molar-refractivity contribution in [1.82, 2.24) is 4.90 Å². The number of hydrogen-bond donors (Lipinski definition) is 0. The maximum atomic E-state index is 12.3. The highest BCUT2D eigenvalue weighted by atomic mass is 16.6. The smallest absolute Gasteiger partial charge is 0.410 e. The fourth-order valence-corrected chi connectivity index (χ4v) is 2.52. The first kappa shape index (κ1) is 18.5. The molecule has 1 saturated heterocycles. The standard InChI is InChI=1S/C16H27NO5/c1-6-12(18)10-16(13(19)21-7-2)8-9-17(11-16)14(20)22-15(3,4)5/h6-11H2,1-5H3. The van der Waals surface area contributed by atoms with Crippen LogP contribution in [0.3, 0.4) is 0 Å². The number of rotatable bonds is 5. The van der Waals surface area contributed by atoms with Crippen LogP contribution in [0, 0.1) is 5.41 Å². The van der Waals surface area contributed by atoms with Crippen LogP contribution in [-0.2, 0) is 19.1 Å². The lowest BCUT2D eigenvalue weighted by Crippen LogP contribution is -2.41. The number of Topliss-reactive ketones (excluding diaryl/α,β-unsaturated/α-hetero) is 1. The SMILES string of the molecule is CCOC(=O)C1(CC(=O)CC)CCN(C(=O)OC(C)(C)C)C1. The van der Waals surface area contributed by atoms with Crippen molar-refractivity contribution in [2.45, 2.75) is 59.5 Å². The van der Waals surface area contributed by atoms with Crippen molar-refractivity contribution in [2.75, 3.05) is 19.7 Å². The third-order valence-corrected chi connectivity index (χ3v) is 3.64. The molecule has 0 aromatic heterocycles. The van der Waals surface area contributed by atoms with E-state index in [1.54, 1.807) is 34.6 Å². The van der Waals surface area contributed by atoms with Crippen molar-refractivity contribution >= 4 is 17.8 Å². The summed E-state index contributed by atoms with van der Waals surface area (Å²) in [6.45, 7) is 9.70. The van der Waals surface area contributed by atoms with E-state index >= 15 is 0 Å². The number of carbonyl (C=O) groups excluding carboxylic acids is 3. The fourth-order valence-electron chi connectivity index (χ4n) is 2.52. The average Bonchev–Trinajstić information content (AvgIpc) is 2.82. The highest BCUT2D eigenvalue weighted by Crippen LogP contribution is 2.36. The number of likely N-dealkylation sites (tertiary alicyclic amines) is 1. The summed E-state index contributed by atoms with van der Waals surface area (Å²) in [6, 6.07) is 0. The van der Waals surface area contributed by atoms with Gasteiger partial charge >= 0.3 is 12.1 Å². The fraction of sp³-hybridized carbons (Fsp3) is 0.812.